The Labute approximate surface area is 140 Å². The Morgan fingerprint density at radius 1 is 0.870 bits per heavy atom. The summed E-state index contributed by atoms with van der Waals surface area (Å²) in [5.41, 5.74) is 2.84. The van der Waals surface area contributed by atoms with Crippen LogP contribution in [-0.4, -0.2) is 36.5 Å². The Morgan fingerprint density at radius 2 is 1.48 bits per heavy atom. The van der Waals surface area contributed by atoms with Crippen molar-refractivity contribution in [3.8, 4) is 0 Å². The molecule has 1 fully saturated rings. The van der Waals surface area contributed by atoms with Crippen molar-refractivity contribution >= 4 is 0 Å². The number of nitrogens with zero attached hydrogens (tertiary/aromatic N) is 2. The summed E-state index contributed by atoms with van der Waals surface area (Å²) in [7, 11) is 2.24. The molecule has 2 nitrogen and oxygen atoms in total. The molecule has 122 valence electrons. The first kappa shape index (κ1) is 16.2. The maximum Gasteiger partial charge on any atom is 0.0475 e. The molecule has 0 aliphatic carbocycles. The Morgan fingerprint density at radius 3 is 2.13 bits per heavy atom. The third-order valence-electron chi connectivity index (χ3n) is 4.80. The molecular formula is C21H28N2. The standard InChI is InChI=1S/C21H28N2/c1-22(17-19-11-5-2-6-12-19)18-21(20-13-7-3-8-14-20)23-15-9-4-10-16-23/h2-3,5-8,11-14,21H,4,9-10,15-18H2,1H3. The molecule has 1 unspecified atom stereocenters. The van der Waals surface area contributed by atoms with Gasteiger partial charge in [0.2, 0.25) is 0 Å². The molecule has 3 rings (SSSR count). The molecule has 0 amide bonds. The molecule has 1 heterocycles. The zero-order valence-corrected chi connectivity index (χ0v) is 14.2. The lowest BCUT2D eigenvalue weighted by atomic mass is 10.0. The lowest BCUT2D eigenvalue weighted by molar-refractivity contribution is 0.126. The molecule has 0 bridgehead atoms. The molecule has 0 aromatic heterocycles. The van der Waals surface area contributed by atoms with Crippen LogP contribution in [0.4, 0.5) is 0 Å². The van der Waals surface area contributed by atoms with E-state index in [0.29, 0.717) is 6.04 Å². The van der Waals surface area contributed by atoms with Crippen molar-refractivity contribution in [3.63, 3.8) is 0 Å². The monoisotopic (exact) mass is 308 g/mol. The van der Waals surface area contributed by atoms with Crippen LogP contribution >= 0.6 is 0 Å². The van der Waals surface area contributed by atoms with Gasteiger partial charge in [0.1, 0.15) is 0 Å². The fraction of sp³-hybridized carbons (Fsp3) is 0.429. The van der Waals surface area contributed by atoms with Gasteiger partial charge in [0, 0.05) is 19.1 Å². The van der Waals surface area contributed by atoms with E-state index in [9.17, 15) is 0 Å². The largest absolute Gasteiger partial charge is 0.300 e. The van der Waals surface area contributed by atoms with Crippen LogP contribution in [0.5, 0.6) is 0 Å². The lowest BCUT2D eigenvalue weighted by Gasteiger charge is -2.37. The average Bonchev–Trinajstić information content (AvgIpc) is 2.62. The van der Waals surface area contributed by atoms with E-state index in [4.69, 9.17) is 0 Å². The molecule has 2 aromatic carbocycles. The van der Waals surface area contributed by atoms with E-state index < -0.39 is 0 Å². The zero-order valence-electron chi connectivity index (χ0n) is 14.2. The summed E-state index contributed by atoms with van der Waals surface area (Å²) >= 11 is 0. The van der Waals surface area contributed by atoms with Gasteiger partial charge in [-0.3, -0.25) is 4.90 Å². The second-order valence-electron chi connectivity index (χ2n) is 6.71. The minimum absolute atomic E-state index is 0.505. The van der Waals surface area contributed by atoms with Gasteiger partial charge in [0.25, 0.3) is 0 Å². The average molecular weight is 308 g/mol. The summed E-state index contributed by atoms with van der Waals surface area (Å²) in [4.78, 5) is 5.14. The predicted molar refractivity (Wildman–Crippen MR) is 97.4 cm³/mol. The highest BCUT2D eigenvalue weighted by Gasteiger charge is 2.23. The summed E-state index contributed by atoms with van der Waals surface area (Å²) in [5, 5.41) is 0. The van der Waals surface area contributed by atoms with E-state index >= 15 is 0 Å². The smallest absolute Gasteiger partial charge is 0.0475 e. The second kappa shape index (κ2) is 8.28. The highest BCUT2D eigenvalue weighted by Crippen LogP contribution is 2.25. The molecule has 0 N–H and O–H groups in total. The van der Waals surface area contributed by atoms with Crippen LogP contribution in [0, 0.1) is 0 Å². The lowest BCUT2D eigenvalue weighted by Crippen LogP contribution is -2.39. The van der Waals surface area contributed by atoms with Gasteiger partial charge in [0.05, 0.1) is 0 Å². The van der Waals surface area contributed by atoms with Crippen LogP contribution in [0.2, 0.25) is 0 Å². The van der Waals surface area contributed by atoms with E-state index in [1.54, 1.807) is 0 Å². The molecular weight excluding hydrogens is 280 g/mol. The van der Waals surface area contributed by atoms with Crippen LogP contribution in [0.25, 0.3) is 0 Å². The Hall–Kier alpha value is -1.64. The van der Waals surface area contributed by atoms with Crippen LogP contribution < -0.4 is 0 Å². The molecule has 0 spiro atoms. The van der Waals surface area contributed by atoms with Gasteiger partial charge in [-0.15, -0.1) is 0 Å². The van der Waals surface area contributed by atoms with Crippen LogP contribution in [0.3, 0.4) is 0 Å². The molecule has 2 heteroatoms. The minimum Gasteiger partial charge on any atom is -0.300 e. The van der Waals surface area contributed by atoms with Gasteiger partial charge in [0.15, 0.2) is 0 Å². The first-order chi connectivity index (χ1) is 11.3. The zero-order chi connectivity index (χ0) is 15.9. The number of likely N-dealkylation sites (tertiary alicyclic amines) is 1. The third-order valence-corrected chi connectivity index (χ3v) is 4.80. The first-order valence-electron chi connectivity index (χ1n) is 8.84. The Balaban J connectivity index is 1.70. The fourth-order valence-electron chi connectivity index (χ4n) is 3.59. The molecule has 0 saturated carbocycles. The van der Waals surface area contributed by atoms with E-state index in [2.05, 4.69) is 77.5 Å². The minimum atomic E-state index is 0.505. The molecule has 23 heavy (non-hydrogen) atoms. The van der Waals surface area contributed by atoms with Crippen molar-refractivity contribution < 1.29 is 0 Å². The molecule has 1 saturated heterocycles. The van der Waals surface area contributed by atoms with Crippen molar-refractivity contribution in [1.29, 1.82) is 0 Å². The van der Waals surface area contributed by atoms with Crippen molar-refractivity contribution in [1.82, 2.24) is 9.80 Å². The summed E-state index contributed by atoms with van der Waals surface area (Å²) < 4.78 is 0. The topological polar surface area (TPSA) is 6.48 Å². The van der Waals surface area contributed by atoms with E-state index in [1.807, 2.05) is 0 Å². The first-order valence-corrected chi connectivity index (χ1v) is 8.84. The van der Waals surface area contributed by atoms with Gasteiger partial charge in [-0.1, -0.05) is 67.1 Å². The van der Waals surface area contributed by atoms with E-state index in [0.717, 1.165) is 13.1 Å². The third kappa shape index (κ3) is 4.66. The van der Waals surface area contributed by atoms with Crippen molar-refractivity contribution in [2.75, 3.05) is 26.7 Å². The number of rotatable bonds is 6. The van der Waals surface area contributed by atoms with Crippen LogP contribution in [0.1, 0.15) is 36.4 Å². The summed E-state index contributed by atoms with van der Waals surface area (Å²) in [5.74, 6) is 0. The Kier molecular flexibility index (Phi) is 5.84. The Bertz CT molecular complexity index is 561. The quantitative estimate of drug-likeness (QED) is 0.783. The second-order valence-corrected chi connectivity index (χ2v) is 6.71. The number of piperidine rings is 1. The van der Waals surface area contributed by atoms with Gasteiger partial charge >= 0.3 is 0 Å². The SMILES string of the molecule is CN(Cc1ccccc1)CC(c1ccccc1)N1CCCCC1. The van der Waals surface area contributed by atoms with Gasteiger partial charge in [-0.2, -0.15) is 0 Å². The van der Waals surface area contributed by atoms with Gasteiger partial charge in [-0.25, -0.2) is 0 Å². The van der Waals surface area contributed by atoms with Crippen LogP contribution in [0.15, 0.2) is 60.7 Å². The maximum absolute atomic E-state index is 2.68. The number of hydrogen-bond acceptors (Lipinski definition) is 2. The van der Waals surface area contributed by atoms with Crippen molar-refractivity contribution in [3.05, 3.63) is 71.8 Å². The van der Waals surface area contributed by atoms with E-state index in [1.165, 1.54) is 43.5 Å². The number of likely N-dealkylation sites (N-methyl/N-ethyl adjacent to an activating group) is 1. The normalized spacial score (nSPS) is 17.3. The fourth-order valence-corrected chi connectivity index (χ4v) is 3.59. The predicted octanol–water partition coefficient (Wildman–Crippen LogP) is 4.35. The molecule has 2 aromatic rings. The molecule has 1 aliphatic heterocycles. The van der Waals surface area contributed by atoms with Gasteiger partial charge < -0.3 is 4.90 Å². The highest BCUT2D eigenvalue weighted by molar-refractivity contribution is 5.20. The number of benzene rings is 2. The molecule has 0 radical (unpaired) electrons. The number of hydrogen-bond donors (Lipinski definition) is 0. The summed E-state index contributed by atoms with van der Waals surface area (Å²) in [6.07, 6.45) is 4.06. The van der Waals surface area contributed by atoms with E-state index in [-0.39, 0.29) is 0 Å². The van der Waals surface area contributed by atoms with Crippen molar-refractivity contribution in [2.45, 2.75) is 31.8 Å². The van der Waals surface area contributed by atoms with Crippen LogP contribution in [-0.2, 0) is 6.54 Å². The highest BCUT2D eigenvalue weighted by atomic mass is 15.2. The van der Waals surface area contributed by atoms with Crippen molar-refractivity contribution in [2.24, 2.45) is 0 Å². The molecule has 1 aliphatic rings. The maximum atomic E-state index is 2.68. The summed E-state index contributed by atoms with van der Waals surface area (Å²) in [6, 6.07) is 22.3. The summed E-state index contributed by atoms with van der Waals surface area (Å²) in [6.45, 7) is 4.56. The molecule has 1 atom stereocenters. The van der Waals surface area contributed by atoms with Gasteiger partial charge in [-0.05, 0) is 44.1 Å².